The number of likely N-dealkylation sites (N-methyl/N-ethyl adjacent to an activating group) is 1. The highest BCUT2D eigenvalue weighted by atomic mass is 16.6. The molecule has 1 aliphatic heterocycles. The molecule has 0 amide bonds. The van der Waals surface area contributed by atoms with Gasteiger partial charge in [-0.2, -0.15) is 0 Å². The van der Waals surface area contributed by atoms with Crippen LogP contribution in [0.1, 0.15) is 26.7 Å². The zero-order valence-corrected chi connectivity index (χ0v) is 11.5. The van der Waals surface area contributed by atoms with E-state index in [0.717, 1.165) is 17.9 Å². The van der Waals surface area contributed by atoms with Gasteiger partial charge in [0, 0.05) is 6.04 Å². The van der Waals surface area contributed by atoms with Gasteiger partial charge in [0.2, 0.25) is 0 Å². The summed E-state index contributed by atoms with van der Waals surface area (Å²) in [5.41, 5.74) is 0. The fraction of sp³-hybridized carbons (Fsp3) is 0.600. The molecule has 3 heteroatoms. The summed E-state index contributed by atoms with van der Waals surface area (Å²) in [5.74, 6) is 2.41. The van der Waals surface area contributed by atoms with Crippen LogP contribution in [0.25, 0.3) is 0 Å². The quantitative estimate of drug-likeness (QED) is 0.870. The number of fused-ring (bicyclic) bond motifs is 1. The summed E-state index contributed by atoms with van der Waals surface area (Å²) in [6, 6.07) is 8.21. The molecule has 0 radical (unpaired) electrons. The summed E-state index contributed by atoms with van der Waals surface area (Å²) in [6.07, 6.45) is 2.41. The summed E-state index contributed by atoms with van der Waals surface area (Å²) in [6.45, 7) is 5.13. The molecule has 1 aliphatic rings. The van der Waals surface area contributed by atoms with Crippen molar-refractivity contribution < 1.29 is 9.47 Å². The van der Waals surface area contributed by atoms with Gasteiger partial charge in [0.05, 0.1) is 0 Å². The fourth-order valence-corrected chi connectivity index (χ4v) is 2.29. The molecule has 1 aromatic carbocycles. The zero-order chi connectivity index (χ0) is 13.0. The maximum Gasteiger partial charge on any atom is 0.161 e. The topological polar surface area (TPSA) is 30.5 Å². The van der Waals surface area contributed by atoms with Crippen LogP contribution in [-0.4, -0.2) is 25.8 Å². The number of rotatable bonds is 5. The minimum atomic E-state index is 0.0962. The van der Waals surface area contributed by atoms with Gasteiger partial charge >= 0.3 is 0 Å². The molecule has 3 atom stereocenters. The highest BCUT2D eigenvalue weighted by molar-refractivity contribution is 5.40. The molecule has 18 heavy (non-hydrogen) atoms. The van der Waals surface area contributed by atoms with Gasteiger partial charge in [0.15, 0.2) is 11.5 Å². The number of para-hydroxylation sites is 2. The highest BCUT2D eigenvalue weighted by Crippen LogP contribution is 2.32. The monoisotopic (exact) mass is 249 g/mol. The number of benzene rings is 1. The molecule has 1 N–H and O–H groups in total. The Kier molecular flexibility index (Phi) is 4.48. The van der Waals surface area contributed by atoms with E-state index in [-0.39, 0.29) is 6.10 Å². The lowest BCUT2D eigenvalue weighted by atomic mass is 9.96. The van der Waals surface area contributed by atoms with Crippen LogP contribution in [0.15, 0.2) is 24.3 Å². The maximum absolute atomic E-state index is 6.04. The standard InChI is InChI=1S/C15H23NO2/c1-4-11(2)9-12(16-3)15-10-17-13-7-5-6-8-14(13)18-15/h5-8,11-12,15-16H,4,9-10H2,1-3H3. The molecular formula is C15H23NO2. The van der Waals surface area contributed by atoms with Gasteiger partial charge in [-0.25, -0.2) is 0 Å². The summed E-state index contributed by atoms with van der Waals surface area (Å²) < 4.78 is 11.8. The van der Waals surface area contributed by atoms with Crippen molar-refractivity contribution in [2.75, 3.05) is 13.7 Å². The van der Waals surface area contributed by atoms with Gasteiger partial charge < -0.3 is 14.8 Å². The van der Waals surface area contributed by atoms with Crippen LogP contribution >= 0.6 is 0 Å². The lowest BCUT2D eigenvalue weighted by Crippen LogP contribution is -2.47. The highest BCUT2D eigenvalue weighted by Gasteiger charge is 2.28. The van der Waals surface area contributed by atoms with Gasteiger partial charge in [-0.1, -0.05) is 32.4 Å². The van der Waals surface area contributed by atoms with E-state index < -0.39 is 0 Å². The number of hydrogen-bond acceptors (Lipinski definition) is 3. The Bertz CT molecular complexity index is 381. The Morgan fingerprint density at radius 1 is 1.33 bits per heavy atom. The lowest BCUT2D eigenvalue weighted by Gasteiger charge is -2.33. The van der Waals surface area contributed by atoms with Crippen molar-refractivity contribution in [2.24, 2.45) is 5.92 Å². The lowest BCUT2D eigenvalue weighted by molar-refractivity contribution is 0.0573. The molecule has 3 nitrogen and oxygen atoms in total. The minimum Gasteiger partial charge on any atom is -0.486 e. The molecule has 0 spiro atoms. The Balaban J connectivity index is 2.02. The molecule has 100 valence electrons. The van der Waals surface area contributed by atoms with Crippen molar-refractivity contribution in [3.05, 3.63) is 24.3 Å². The number of hydrogen-bond donors (Lipinski definition) is 1. The van der Waals surface area contributed by atoms with E-state index in [1.165, 1.54) is 6.42 Å². The molecule has 1 aromatic rings. The first-order chi connectivity index (χ1) is 8.74. The van der Waals surface area contributed by atoms with Crippen molar-refractivity contribution in [1.29, 1.82) is 0 Å². The molecule has 3 unspecified atom stereocenters. The van der Waals surface area contributed by atoms with Gasteiger partial charge in [0.25, 0.3) is 0 Å². The van der Waals surface area contributed by atoms with Crippen molar-refractivity contribution >= 4 is 0 Å². The molecule has 0 saturated heterocycles. The van der Waals surface area contributed by atoms with Gasteiger partial charge in [-0.3, -0.25) is 0 Å². The molecule has 0 saturated carbocycles. The van der Waals surface area contributed by atoms with E-state index in [2.05, 4.69) is 19.2 Å². The fourth-order valence-electron chi connectivity index (χ4n) is 2.29. The first kappa shape index (κ1) is 13.2. The maximum atomic E-state index is 6.04. The predicted molar refractivity (Wildman–Crippen MR) is 73.3 cm³/mol. The third-order valence-electron chi connectivity index (χ3n) is 3.70. The van der Waals surface area contributed by atoms with Crippen molar-refractivity contribution in [3.8, 4) is 11.5 Å². The molecule has 1 heterocycles. The number of nitrogens with one attached hydrogen (secondary N) is 1. The van der Waals surface area contributed by atoms with Crippen molar-refractivity contribution in [3.63, 3.8) is 0 Å². The van der Waals surface area contributed by atoms with Gasteiger partial charge in [-0.05, 0) is 31.5 Å². The largest absolute Gasteiger partial charge is 0.486 e. The minimum absolute atomic E-state index is 0.0962. The van der Waals surface area contributed by atoms with Gasteiger partial charge in [-0.15, -0.1) is 0 Å². The summed E-state index contributed by atoms with van der Waals surface area (Å²) in [5, 5.41) is 3.36. The first-order valence-corrected chi connectivity index (χ1v) is 6.80. The van der Waals surface area contributed by atoms with E-state index in [1.807, 2.05) is 31.3 Å². The van der Waals surface area contributed by atoms with E-state index in [1.54, 1.807) is 0 Å². The summed E-state index contributed by atoms with van der Waals surface area (Å²) >= 11 is 0. The third kappa shape index (κ3) is 2.96. The molecule has 0 fully saturated rings. The van der Waals surface area contributed by atoms with Gasteiger partial charge in [0.1, 0.15) is 12.7 Å². The molecule has 2 rings (SSSR count). The van der Waals surface area contributed by atoms with E-state index in [4.69, 9.17) is 9.47 Å². The molecule has 0 aliphatic carbocycles. The van der Waals surface area contributed by atoms with E-state index in [9.17, 15) is 0 Å². The zero-order valence-electron chi connectivity index (χ0n) is 11.5. The number of ether oxygens (including phenoxy) is 2. The Morgan fingerprint density at radius 2 is 2.06 bits per heavy atom. The van der Waals surface area contributed by atoms with E-state index >= 15 is 0 Å². The second kappa shape index (κ2) is 6.10. The SMILES string of the molecule is CCC(C)CC(NC)C1COc2ccccc2O1. The van der Waals surface area contributed by atoms with Crippen molar-refractivity contribution in [2.45, 2.75) is 38.8 Å². The average Bonchev–Trinajstić information content (AvgIpc) is 2.44. The van der Waals surface area contributed by atoms with Crippen LogP contribution < -0.4 is 14.8 Å². The normalized spacial score (nSPS) is 21.4. The second-order valence-corrected chi connectivity index (χ2v) is 5.06. The Labute approximate surface area is 109 Å². The smallest absolute Gasteiger partial charge is 0.161 e. The Hall–Kier alpha value is -1.22. The van der Waals surface area contributed by atoms with Crippen LogP contribution in [0.2, 0.25) is 0 Å². The van der Waals surface area contributed by atoms with Crippen LogP contribution in [-0.2, 0) is 0 Å². The summed E-state index contributed by atoms with van der Waals surface area (Å²) in [4.78, 5) is 0. The molecular weight excluding hydrogens is 226 g/mol. The third-order valence-corrected chi connectivity index (χ3v) is 3.70. The molecule has 0 aromatic heterocycles. The van der Waals surface area contributed by atoms with Crippen LogP contribution in [0, 0.1) is 5.92 Å². The van der Waals surface area contributed by atoms with Crippen LogP contribution in [0.3, 0.4) is 0 Å². The Morgan fingerprint density at radius 3 is 2.72 bits per heavy atom. The van der Waals surface area contributed by atoms with Crippen LogP contribution in [0.5, 0.6) is 11.5 Å². The predicted octanol–water partition coefficient (Wildman–Crippen LogP) is 2.85. The summed E-state index contributed by atoms with van der Waals surface area (Å²) in [7, 11) is 2.00. The first-order valence-electron chi connectivity index (χ1n) is 6.80. The van der Waals surface area contributed by atoms with Crippen LogP contribution in [0.4, 0.5) is 0 Å². The van der Waals surface area contributed by atoms with Crippen molar-refractivity contribution in [1.82, 2.24) is 5.32 Å². The second-order valence-electron chi connectivity index (χ2n) is 5.06. The molecule has 0 bridgehead atoms. The average molecular weight is 249 g/mol. The van der Waals surface area contributed by atoms with E-state index in [0.29, 0.717) is 18.6 Å².